The van der Waals surface area contributed by atoms with Gasteiger partial charge in [0.15, 0.2) is 6.10 Å². The zero-order valence-electron chi connectivity index (χ0n) is 12.1. The number of benzene rings is 1. The van der Waals surface area contributed by atoms with Crippen molar-refractivity contribution in [3.05, 3.63) is 58.1 Å². The molecule has 0 unspecified atom stereocenters. The molecule has 5 nitrogen and oxygen atoms in total. The minimum absolute atomic E-state index is 0.277. The van der Waals surface area contributed by atoms with Crippen LogP contribution in [0.3, 0.4) is 0 Å². The van der Waals surface area contributed by atoms with E-state index in [1.165, 1.54) is 11.3 Å². The van der Waals surface area contributed by atoms with Crippen molar-refractivity contribution in [2.24, 2.45) is 0 Å². The van der Waals surface area contributed by atoms with Crippen molar-refractivity contribution >= 4 is 17.3 Å². The number of hydrogen-bond acceptors (Lipinski definition) is 6. The number of thiophene rings is 1. The van der Waals surface area contributed by atoms with Crippen LogP contribution < -0.4 is 0 Å². The summed E-state index contributed by atoms with van der Waals surface area (Å²) >= 11 is 1.44. The molecule has 0 saturated carbocycles. The summed E-state index contributed by atoms with van der Waals surface area (Å²) in [6.07, 6.45) is -0.598. The van der Waals surface area contributed by atoms with E-state index in [2.05, 4.69) is 10.2 Å². The van der Waals surface area contributed by atoms with Crippen molar-refractivity contribution in [1.29, 1.82) is 0 Å². The van der Waals surface area contributed by atoms with Crippen LogP contribution in [0.25, 0.3) is 11.5 Å². The van der Waals surface area contributed by atoms with E-state index in [0.717, 1.165) is 11.1 Å². The van der Waals surface area contributed by atoms with Gasteiger partial charge in [-0.2, -0.15) is 11.3 Å². The number of aromatic nitrogens is 2. The summed E-state index contributed by atoms with van der Waals surface area (Å²) < 4.78 is 10.9. The zero-order chi connectivity index (χ0) is 15.5. The van der Waals surface area contributed by atoms with Gasteiger partial charge < -0.3 is 9.15 Å². The van der Waals surface area contributed by atoms with E-state index in [-0.39, 0.29) is 5.89 Å². The summed E-state index contributed by atoms with van der Waals surface area (Å²) in [4.78, 5) is 11.9. The molecule has 1 aromatic carbocycles. The average molecular weight is 314 g/mol. The van der Waals surface area contributed by atoms with Crippen molar-refractivity contribution in [3.8, 4) is 11.5 Å². The third-order valence-corrected chi connectivity index (χ3v) is 3.81. The number of carbonyl (C=O) groups excluding carboxylic acids is 1. The second-order valence-electron chi connectivity index (χ2n) is 4.87. The van der Waals surface area contributed by atoms with Gasteiger partial charge in [-0.25, -0.2) is 4.79 Å². The summed E-state index contributed by atoms with van der Waals surface area (Å²) in [5.41, 5.74) is 2.51. The molecule has 112 valence electrons. The highest BCUT2D eigenvalue weighted by Crippen LogP contribution is 2.23. The van der Waals surface area contributed by atoms with Crippen LogP contribution in [0.2, 0.25) is 0 Å². The molecule has 6 heteroatoms. The Morgan fingerprint density at radius 1 is 1.23 bits per heavy atom. The van der Waals surface area contributed by atoms with Crippen molar-refractivity contribution < 1.29 is 13.9 Å². The highest BCUT2D eigenvalue weighted by molar-refractivity contribution is 7.08. The minimum atomic E-state index is -0.598. The number of rotatable bonds is 4. The molecule has 2 aromatic heterocycles. The summed E-state index contributed by atoms with van der Waals surface area (Å²) in [7, 11) is 0. The normalized spacial score (nSPS) is 12.1. The summed E-state index contributed by atoms with van der Waals surface area (Å²) in [6.45, 7) is 3.71. The van der Waals surface area contributed by atoms with E-state index < -0.39 is 12.1 Å². The molecule has 0 aliphatic rings. The predicted molar refractivity (Wildman–Crippen MR) is 82.6 cm³/mol. The number of hydrogen-bond donors (Lipinski definition) is 0. The number of aryl methyl sites for hydroxylation is 1. The van der Waals surface area contributed by atoms with Gasteiger partial charge in [-0.3, -0.25) is 0 Å². The lowest BCUT2D eigenvalue weighted by molar-refractivity contribution is 0.0280. The fourth-order valence-electron chi connectivity index (χ4n) is 1.87. The third-order valence-electron chi connectivity index (χ3n) is 3.13. The van der Waals surface area contributed by atoms with E-state index in [4.69, 9.17) is 9.15 Å². The topological polar surface area (TPSA) is 65.2 Å². The Balaban J connectivity index is 1.73. The van der Waals surface area contributed by atoms with Crippen LogP contribution in [0.1, 0.15) is 34.8 Å². The minimum Gasteiger partial charge on any atom is -0.449 e. The van der Waals surface area contributed by atoms with Crippen LogP contribution in [0, 0.1) is 6.92 Å². The van der Waals surface area contributed by atoms with Gasteiger partial charge in [0.25, 0.3) is 5.89 Å². The fraction of sp³-hybridized carbons (Fsp3) is 0.188. The number of ether oxygens (including phenoxy) is 1. The van der Waals surface area contributed by atoms with Gasteiger partial charge in [-0.15, -0.1) is 10.2 Å². The fourth-order valence-corrected chi connectivity index (χ4v) is 2.50. The molecule has 0 spiro atoms. The number of carbonyl (C=O) groups is 1. The van der Waals surface area contributed by atoms with Crippen LogP contribution in [0.15, 0.2) is 45.5 Å². The first-order valence-electron chi connectivity index (χ1n) is 6.77. The monoisotopic (exact) mass is 314 g/mol. The molecule has 0 N–H and O–H groups in total. The molecule has 2 heterocycles. The molecule has 0 aliphatic carbocycles. The van der Waals surface area contributed by atoms with Gasteiger partial charge >= 0.3 is 5.97 Å². The first kappa shape index (κ1) is 14.5. The quantitative estimate of drug-likeness (QED) is 0.680. The highest BCUT2D eigenvalue weighted by Gasteiger charge is 2.20. The SMILES string of the molecule is Cc1ccc(-c2nnc([C@H](C)OC(=O)c3ccsc3)o2)cc1. The van der Waals surface area contributed by atoms with Gasteiger partial charge in [0.2, 0.25) is 5.89 Å². The van der Waals surface area contributed by atoms with E-state index in [1.54, 1.807) is 18.4 Å². The van der Waals surface area contributed by atoms with Crippen LogP contribution in [-0.4, -0.2) is 16.2 Å². The average Bonchev–Trinajstić information content (AvgIpc) is 3.20. The maximum atomic E-state index is 11.9. The number of esters is 1. The standard InChI is InChI=1S/C16H14N2O3S/c1-10-3-5-12(6-4-10)15-18-17-14(21-15)11(2)20-16(19)13-7-8-22-9-13/h3-9,11H,1-2H3/t11-/m0/s1. The van der Waals surface area contributed by atoms with Crippen molar-refractivity contribution in [2.45, 2.75) is 20.0 Å². The Hall–Kier alpha value is -2.47. The lowest BCUT2D eigenvalue weighted by Gasteiger charge is -2.08. The van der Waals surface area contributed by atoms with Crippen LogP contribution in [0.4, 0.5) is 0 Å². The molecule has 0 radical (unpaired) electrons. The molecule has 0 aliphatic heterocycles. The highest BCUT2D eigenvalue weighted by atomic mass is 32.1. The molecular weight excluding hydrogens is 300 g/mol. The molecule has 0 amide bonds. The molecular formula is C16H14N2O3S. The van der Waals surface area contributed by atoms with Crippen molar-refractivity contribution in [3.63, 3.8) is 0 Å². The molecule has 3 aromatic rings. The predicted octanol–water partition coefficient (Wildman–Crippen LogP) is 4.02. The van der Waals surface area contributed by atoms with Gasteiger partial charge in [-0.05, 0) is 37.4 Å². The molecule has 22 heavy (non-hydrogen) atoms. The smallest absolute Gasteiger partial charge is 0.339 e. The zero-order valence-corrected chi connectivity index (χ0v) is 13.0. The number of nitrogens with zero attached hydrogens (tertiary/aromatic N) is 2. The van der Waals surface area contributed by atoms with E-state index in [1.807, 2.05) is 36.6 Å². The van der Waals surface area contributed by atoms with Crippen LogP contribution in [0.5, 0.6) is 0 Å². The Labute approximate surface area is 131 Å². The Kier molecular flexibility index (Phi) is 4.02. The second kappa shape index (κ2) is 6.11. The lowest BCUT2D eigenvalue weighted by atomic mass is 10.1. The first-order valence-corrected chi connectivity index (χ1v) is 7.71. The second-order valence-corrected chi connectivity index (χ2v) is 5.65. The van der Waals surface area contributed by atoms with E-state index in [9.17, 15) is 4.79 Å². The largest absolute Gasteiger partial charge is 0.449 e. The molecule has 1 atom stereocenters. The Bertz CT molecular complexity index is 763. The van der Waals surface area contributed by atoms with Crippen LogP contribution >= 0.6 is 11.3 Å². The molecule has 0 bridgehead atoms. The Morgan fingerprint density at radius 3 is 2.68 bits per heavy atom. The van der Waals surface area contributed by atoms with Gasteiger partial charge in [0.05, 0.1) is 5.56 Å². The van der Waals surface area contributed by atoms with Crippen molar-refractivity contribution in [2.75, 3.05) is 0 Å². The molecule has 3 rings (SSSR count). The molecule has 0 saturated heterocycles. The van der Waals surface area contributed by atoms with Crippen LogP contribution in [-0.2, 0) is 4.74 Å². The summed E-state index contributed by atoms with van der Waals surface area (Å²) in [5.74, 6) is 0.288. The van der Waals surface area contributed by atoms with E-state index in [0.29, 0.717) is 11.5 Å². The summed E-state index contributed by atoms with van der Waals surface area (Å²) in [5, 5.41) is 11.5. The van der Waals surface area contributed by atoms with Crippen molar-refractivity contribution in [1.82, 2.24) is 10.2 Å². The maximum absolute atomic E-state index is 11.9. The van der Waals surface area contributed by atoms with E-state index >= 15 is 0 Å². The summed E-state index contributed by atoms with van der Waals surface area (Å²) in [6, 6.07) is 9.48. The van der Waals surface area contributed by atoms with Gasteiger partial charge in [0, 0.05) is 10.9 Å². The van der Waals surface area contributed by atoms with Gasteiger partial charge in [-0.1, -0.05) is 17.7 Å². The third kappa shape index (κ3) is 3.07. The molecule has 0 fully saturated rings. The van der Waals surface area contributed by atoms with Gasteiger partial charge in [0.1, 0.15) is 0 Å². The Morgan fingerprint density at radius 2 is 2.00 bits per heavy atom. The maximum Gasteiger partial charge on any atom is 0.339 e. The lowest BCUT2D eigenvalue weighted by Crippen LogP contribution is -2.08. The first-order chi connectivity index (χ1) is 10.6.